The highest BCUT2D eigenvalue weighted by Gasteiger charge is 2.29. The molecule has 0 radical (unpaired) electrons. The van der Waals surface area contributed by atoms with Crippen LogP contribution in [0.1, 0.15) is 46.0 Å². The predicted octanol–water partition coefficient (Wildman–Crippen LogP) is 2.81. The molecule has 0 aliphatic heterocycles. The molecule has 3 atom stereocenters. The fourth-order valence-corrected chi connectivity index (χ4v) is 2.60. The van der Waals surface area contributed by atoms with Gasteiger partial charge in [0.2, 0.25) is 0 Å². The lowest BCUT2D eigenvalue weighted by atomic mass is 9.88. The van der Waals surface area contributed by atoms with E-state index < -0.39 is 0 Å². The van der Waals surface area contributed by atoms with Crippen molar-refractivity contribution in [3.8, 4) is 12.3 Å². The Morgan fingerprint density at radius 1 is 1.50 bits per heavy atom. The van der Waals surface area contributed by atoms with Gasteiger partial charge in [0.25, 0.3) is 0 Å². The average molecular weight is 193 g/mol. The Labute approximate surface area is 88.7 Å². The lowest BCUT2D eigenvalue weighted by molar-refractivity contribution is 0.301. The first kappa shape index (κ1) is 11.6. The summed E-state index contributed by atoms with van der Waals surface area (Å²) < 4.78 is 0. The van der Waals surface area contributed by atoms with Crippen LogP contribution in [0, 0.1) is 24.2 Å². The minimum absolute atomic E-state index is 0.567. The fourth-order valence-electron chi connectivity index (χ4n) is 2.60. The van der Waals surface area contributed by atoms with Crippen molar-refractivity contribution in [3.05, 3.63) is 0 Å². The molecule has 0 heterocycles. The van der Waals surface area contributed by atoms with Crippen molar-refractivity contribution in [2.24, 2.45) is 11.8 Å². The summed E-state index contributed by atoms with van der Waals surface area (Å²) in [5.41, 5.74) is 0. The molecule has 0 aromatic carbocycles. The third-order valence-corrected chi connectivity index (χ3v) is 3.44. The third kappa shape index (κ3) is 3.03. The summed E-state index contributed by atoms with van der Waals surface area (Å²) >= 11 is 0. The lowest BCUT2D eigenvalue weighted by Gasteiger charge is -2.26. The first-order valence-electron chi connectivity index (χ1n) is 5.96. The minimum Gasteiger partial charge on any atom is -0.313 e. The quantitative estimate of drug-likeness (QED) is 0.662. The SMILES string of the molecule is C#CCC(NCCC)C1CCCC1C. The van der Waals surface area contributed by atoms with Crippen LogP contribution in [0.4, 0.5) is 0 Å². The van der Waals surface area contributed by atoms with Gasteiger partial charge in [0.15, 0.2) is 0 Å². The second-order valence-corrected chi connectivity index (χ2v) is 4.54. The van der Waals surface area contributed by atoms with E-state index in [1.807, 2.05) is 0 Å². The zero-order chi connectivity index (χ0) is 10.4. The molecule has 14 heavy (non-hydrogen) atoms. The molecule has 1 aliphatic carbocycles. The van der Waals surface area contributed by atoms with Crippen molar-refractivity contribution in [2.75, 3.05) is 6.54 Å². The van der Waals surface area contributed by atoms with Crippen LogP contribution in [0.5, 0.6) is 0 Å². The van der Waals surface area contributed by atoms with Gasteiger partial charge in [-0.15, -0.1) is 12.3 Å². The summed E-state index contributed by atoms with van der Waals surface area (Å²) in [7, 11) is 0. The number of hydrogen-bond donors (Lipinski definition) is 1. The molecule has 0 bridgehead atoms. The van der Waals surface area contributed by atoms with Crippen molar-refractivity contribution >= 4 is 0 Å². The second-order valence-electron chi connectivity index (χ2n) is 4.54. The lowest BCUT2D eigenvalue weighted by Crippen LogP contribution is -2.37. The van der Waals surface area contributed by atoms with Crippen LogP contribution >= 0.6 is 0 Å². The highest BCUT2D eigenvalue weighted by Crippen LogP contribution is 2.34. The predicted molar refractivity (Wildman–Crippen MR) is 62.0 cm³/mol. The second kappa shape index (κ2) is 6.09. The molecule has 0 aromatic heterocycles. The van der Waals surface area contributed by atoms with Crippen LogP contribution in [0.3, 0.4) is 0 Å². The van der Waals surface area contributed by atoms with E-state index in [4.69, 9.17) is 6.42 Å². The highest BCUT2D eigenvalue weighted by atomic mass is 14.9. The maximum absolute atomic E-state index is 5.42. The molecule has 0 aromatic rings. The molecular formula is C13H23N. The molecule has 80 valence electrons. The summed E-state index contributed by atoms with van der Waals surface area (Å²) in [6.45, 7) is 5.68. The van der Waals surface area contributed by atoms with Gasteiger partial charge < -0.3 is 5.32 Å². The molecule has 1 rings (SSSR count). The molecule has 1 fully saturated rings. The largest absolute Gasteiger partial charge is 0.313 e. The minimum atomic E-state index is 0.567. The van der Waals surface area contributed by atoms with Gasteiger partial charge in [-0.3, -0.25) is 0 Å². The molecule has 1 nitrogen and oxygen atoms in total. The summed E-state index contributed by atoms with van der Waals surface area (Å²) in [5, 5.41) is 3.60. The van der Waals surface area contributed by atoms with Gasteiger partial charge in [-0.2, -0.15) is 0 Å². The number of hydrogen-bond acceptors (Lipinski definition) is 1. The molecule has 1 N–H and O–H groups in total. The molecule has 1 saturated carbocycles. The first-order chi connectivity index (χ1) is 6.79. The Morgan fingerprint density at radius 3 is 2.79 bits per heavy atom. The topological polar surface area (TPSA) is 12.0 Å². The van der Waals surface area contributed by atoms with E-state index in [2.05, 4.69) is 25.1 Å². The molecule has 0 spiro atoms. The number of terminal acetylenes is 1. The van der Waals surface area contributed by atoms with Crippen molar-refractivity contribution in [1.29, 1.82) is 0 Å². The van der Waals surface area contributed by atoms with E-state index in [1.54, 1.807) is 0 Å². The zero-order valence-electron chi connectivity index (χ0n) is 9.55. The maximum Gasteiger partial charge on any atom is 0.0243 e. The molecule has 1 aliphatic rings. The van der Waals surface area contributed by atoms with E-state index in [0.29, 0.717) is 6.04 Å². The zero-order valence-corrected chi connectivity index (χ0v) is 9.55. The molecular weight excluding hydrogens is 170 g/mol. The summed E-state index contributed by atoms with van der Waals surface area (Å²) in [5.74, 6) is 4.49. The van der Waals surface area contributed by atoms with E-state index in [9.17, 15) is 0 Å². The summed E-state index contributed by atoms with van der Waals surface area (Å²) in [6, 6.07) is 0.567. The summed E-state index contributed by atoms with van der Waals surface area (Å²) in [4.78, 5) is 0. The van der Waals surface area contributed by atoms with Crippen molar-refractivity contribution < 1.29 is 0 Å². The van der Waals surface area contributed by atoms with Crippen molar-refractivity contribution in [2.45, 2.75) is 52.0 Å². The Balaban J connectivity index is 2.44. The number of nitrogens with one attached hydrogen (secondary N) is 1. The monoisotopic (exact) mass is 193 g/mol. The maximum atomic E-state index is 5.42. The first-order valence-corrected chi connectivity index (χ1v) is 5.96. The Hall–Kier alpha value is -0.480. The van der Waals surface area contributed by atoms with Gasteiger partial charge >= 0.3 is 0 Å². The van der Waals surface area contributed by atoms with Gasteiger partial charge in [-0.1, -0.05) is 26.7 Å². The molecule has 0 saturated heterocycles. The highest BCUT2D eigenvalue weighted by molar-refractivity contribution is 4.95. The van der Waals surface area contributed by atoms with Crippen LogP contribution < -0.4 is 5.32 Å². The van der Waals surface area contributed by atoms with E-state index in [0.717, 1.165) is 24.8 Å². The normalized spacial score (nSPS) is 28.6. The summed E-state index contributed by atoms with van der Waals surface area (Å²) in [6.07, 6.45) is 11.7. The molecule has 3 unspecified atom stereocenters. The van der Waals surface area contributed by atoms with Crippen molar-refractivity contribution in [1.82, 2.24) is 5.32 Å². The van der Waals surface area contributed by atoms with E-state index in [-0.39, 0.29) is 0 Å². The van der Waals surface area contributed by atoms with Gasteiger partial charge in [0.1, 0.15) is 0 Å². The van der Waals surface area contributed by atoms with Crippen LogP contribution in [0.15, 0.2) is 0 Å². The molecule has 0 amide bonds. The van der Waals surface area contributed by atoms with Crippen LogP contribution in [0.2, 0.25) is 0 Å². The van der Waals surface area contributed by atoms with Crippen LogP contribution in [-0.4, -0.2) is 12.6 Å². The smallest absolute Gasteiger partial charge is 0.0243 e. The van der Waals surface area contributed by atoms with Crippen LogP contribution in [0.25, 0.3) is 0 Å². The molecule has 1 heteroatoms. The Kier molecular flexibility index (Phi) is 5.04. The van der Waals surface area contributed by atoms with E-state index in [1.165, 1.54) is 25.7 Å². The average Bonchev–Trinajstić information content (AvgIpc) is 2.59. The van der Waals surface area contributed by atoms with Gasteiger partial charge in [-0.25, -0.2) is 0 Å². The van der Waals surface area contributed by atoms with Crippen LogP contribution in [-0.2, 0) is 0 Å². The Bertz CT molecular complexity index is 192. The number of rotatable bonds is 5. The Morgan fingerprint density at radius 2 is 2.29 bits per heavy atom. The van der Waals surface area contributed by atoms with Gasteiger partial charge in [0, 0.05) is 12.5 Å². The standard InChI is InChI=1S/C13H23N/c1-4-7-13(14-10-5-2)12-9-6-8-11(12)3/h1,11-14H,5-10H2,2-3H3. The van der Waals surface area contributed by atoms with Gasteiger partial charge in [-0.05, 0) is 31.2 Å². The fraction of sp³-hybridized carbons (Fsp3) is 0.846. The van der Waals surface area contributed by atoms with Crippen molar-refractivity contribution in [3.63, 3.8) is 0 Å². The third-order valence-electron chi connectivity index (χ3n) is 3.44. The van der Waals surface area contributed by atoms with Gasteiger partial charge in [0.05, 0.1) is 0 Å². The van der Waals surface area contributed by atoms with E-state index >= 15 is 0 Å².